The van der Waals surface area contributed by atoms with E-state index in [0.29, 0.717) is 30.5 Å². The van der Waals surface area contributed by atoms with E-state index in [1.807, 2.05) is 13.8 Å². The average Bonchev–Trinajstić information content (AvgIpc) is 2.64. The zero-order chi connectivity index (χ0) is 20.4. The quantitative estimate of drug-likeness (QED) is 0.422. The topological polar surface area (TPSA) is 114 Å². The average molecular weight is 415 g/mol. The fraction of sp³-hybridized carbons (Fsp3) is 0.143. The van der Waals surface area contributed by atoms with Gasteiger partial charge in [0.1, 0.15) is 0 Å². The first-order valence-corrected chi connectivity index (χ1v) is 12.5. The fourth-order valence-corrected chi connectivity index (χ4v) is 9.09. The van der Waals surface area contributed by atoms with E-state index in [0.717, 1.165) is 0 Å². The Balaban J connectivity index is 2.30. The van der Waals surface area contributed by atoms with Crippen LogP contribution in [0.1, 0.15) is 13.8 Å². The normalized spacial score (nSPS) is 12.1. The minimum atomic E-state index is -5.73. The second kappa shape index (κ2) is 7.39. The van der Waals surface area contributed by atoms with Gasteiger partial charge in [-0.2, -0.15) is 0 Å². The Morgan fingerprint density at radius 3 is 1.39 bits per heavy atom. The predicted octanol–water partition coefficient (Wildman–Crippen LogP) is 2.75. The molecule has 0 aromatic heterocycles. The molecule has 0 spiro atoms. The molecule has 0 unspecified atom stereocenters. The van der Waals surface area contributed by atoms with Crippen LogP contribution in [0.5, 0.6) is 5.75 Å². The number of anilines is 3. The Morgan fingerprint density at radius 1 is 0.679 bits per heavy atom. The number of hydrogen-bond acceptors (Lipinski definition) is 6. The molecule has 146 valence electrons. The number of nitrogen functional groups attached to an aromatic ring is 3. The number of rotatable bonds is 6. The third-order valence-corrected chi connectivity index (χ3v) is 11.0. The van der Waals surface area contributed by atoms with E-state index in [-0.39, 0.29) is 6.10 Å². The van der Waals surface area contributed by atoms with Gasteiger partial charge in [0.25, 0.3) is 0 Å². The molecular weight excluding hydrogens is 390 g/mol. The van der Waals surface area contributed by atoms with Crippen LogP contribution < -0.4 is 28.3 Å². The van der Waals surface area contributed by atoms with Crippen LogP contribution in [0.4, 0.5) is 17.1 Å². The van der Waals surface area contributed by atoms with Crippen LogP contribution in [0, 0.1) is 0 Å². The first kappa shape index (κ1) is 20.1. The molecule has 3 rings (SSSR count). The Bertz CT molecular complexity index is 965. The summed E-state index contributed by atoms with van der Waals surface area (Å²) < 4.78 is 28.4. The molecule has 28 heavy (non-hydrogen) atoms. The molecule has 7 heteroatoms. The van der Waals surface area contributed by atoms with Gasteiger partial charge in [-0.05, 0) is 0 Å². The molecule has 0 amide bonds. The Kier molecular flexibility index (Phi) is 5.30. The number of nitrogens with two attached hydrogens (primary N) is 3. The predicted molar refractivity (Wildman–Crippen MR) is 109 cm³/mol. The Morgan fingerprint density at radius 2 is 1.04 bits per heavy atom. The van der Waals surface area contributed by atoms with Gasteiger partial charge in [-0.1, -0.05) is 0 Å². The van der Waals surface area contributed by atoms with Crippen molar-refractivity contribution in [3.05, 3.63) is 72.8 Å². The minimum absolute atomic E-state index is 0.363. The monoisotopic (exact) mass is 415 g/mol. The van der Waals surface area contributed by atoms with Crippen LogP contribution in [0.3, 0.4) is 0 Å². The zero-order valence-electron chi connectivity index (χ0n) is 16.0. The molecule has 0 atom stereocenters. The van der Waals surface area contributed by atoms with Crippen molar-refractivity contribution in [1.82, 2.24) is 0 Å². The maximum atomic E-state index is 15.0. The van der Waals surface area contributed by atoms with E-state index in [4.69, 9.17) is 23.8 Å². The Labute approximate surface area is 166 Å². The molecule has 0 radical (unpaired) electrons. The van der Waals surface area contributed by atoms with Gasteiger partial charge in [-0.15, -0.1) is 0 Å². The van der Waals surface area contributed by atoms with Gasteiger partial charge in [0.2, 0.25) is 0 Å². The summed E-state index contributed by atoms with van der Waals surface area (Å²) >= 11 is -5.73. The standard InChI is InChI=1S/C6H7NO.2C6H6N.C3H7O.O.Ti/c7-5-1-3-6(8)4-2-5;2*7-6-4-2-1-3-5-6;1-3(2)4;;/h1-4,8H,7H2;2*2-5H,7H2;3H,1-2H3;;/q;;;-1;;+2/p-1. The summed E-state index contributed by atoms with van der Waals surface area (Å²) in [5, 5.41) is 0. The molecule has 0 fully saturated rings. The molecule has 0 aliphatic rings. The molecule has 0 aliphatic heterocycles. The van der Waals surface area contributed by atoms with Gasteiger partial charge in [-0.3, -0.25) is 0 Å². The number of hydrogen-bond donors (Lipinski definition) is 3. The summed E-state index contributed by atoms with van der Waals surface area (Å²) in [5.41, 5.74) is 19.2. The van der Waals surface area contributed by atoms with Crippen molar-refractivity contribution in [2.24, 2.45) is 0 Å². The summed E-state index contributed by atoms with van der Waals surface area (Å²) in [7, 11) is 0. The van der Waals surface area contributed by atoms with Crippen LogP contribution in [0.2, 0.25) is 0 Å². The van der Waals surface area contributed by atoms with Crippen molar-refractivity contribution in [3.8, 4) is 5.75 Å². The molecular formula is C21H25N3O3Ti. The summed E-state index contributed by atoms with van der Waals surface area (Å²) in [6.45, 7) is 3.64. The van der Waals surface area contributed by atoms with Crippen molar-refractivity contribution in [2.45, 2.75) is 20.0 Å². The van der Waals surface area contributed by atoms with Gasteiger partial charge in [-0.25, -0.2) is 0 Å². The molecule has 3 aromatic carbocycles. The fourth-order valence-electron chi connectivity index (χ4n) is 3.16. The first-order valence-electron chi connectivity index (χ1n) is 9.04. The first-order chi connectivity index (χ1) is 13.2. The van der Waals surface area contributed by atoms with Crippen molar-refractivity contribution in [2.75, 3.05) is 17.2 Å². The molecule has 0 saturated heterocycles. The van der Waals surface area contributed by atoms with Crippen LogP contribution >= 0.6 is 0 Å². The third kappa shape index (κ3) is 3.80. The maximum absolute atomic E-state index is 15.0. The third-order valence-electron chi connectivity index (χ3n) is 4.45. The second-order valence-corrected chi connectivity index (χ2v) is 12.6. The van der Waals surface area contributed by atoms with Crippen molar-refractivity contribution in [3.63, 3.8) is 0 Å². The van der Waals surface area contributed by atoms with Crippen LogP contribution in [0.15, 0.2) is 72.8 Å². The second-order valence-electron chi connectivity index (χ2n) is 7.07. The van der Waals surface area contributed by atoms with Gasteiger partial charge >= 0.3 is 167 Å². The molecule has 0 bridgehead atoms. The summed E-state index contributed by atoms with van der Waals surface area (Å²) in [6, 6.07) is 20.2. The Hall–Kier alpha value is -2.67. The molecule has 6 nitrogen and oxygen atoms in total. The molecule has 6 N–H and O–H groups in total. The van der Waals surface area contributed by atoms with E-state index in [1.165, 1.54) is 0 Å². The zero-order valence-corrected chi connectivity index (χ0v) is 17.5. The van der Waals surface area contributed by atoms with Gasteiger partial charge in [0.05, 0.1) is 0 Å². The summed E-state index contributed by atoms with van der Waals surface area (Å²) in [6.07, 6.45) is -0.363. The van der Waals surface area contributed by atoms with Crippen molar-refractivity contribution < 1.29 is 26.0 Å². The van der Waals surface area contributed by atoms with E-state index >= 15 is 3.32 Å². The van der Waals surface area contributed by atoms with E-state index in [2.05, 4.69) is 0 Å². The SMILES string of the molecule is CC(C)[O][Ti](=[O])([O]c1ccc(N)cc1)([c]1ccc(N)cc1)[c]1ccc(N)cc1. The molecule has 0 saturated carbocycles. The van der Waals surface area contributed by atoms with E-state index in [1.54, 1.807) is 72.8 Å². The molecule has 0 aliphatic carbocycles. The van der Waals surface area contributed by atoms with Gasteiger partial charge in [0.15, 0.2) is 0 Å². The van der Waals surface area contributed by atoms with Crippen molar-refractivity contribution in [1.29, 1.82) is 0 Å². The van der Waals surface area contributed by atoms with Crippen LogP contribution in [-0.2, 0) is 22.7 Å². The number of benzene rings is 3. The van der Waals surface area contributed by atoms with Gasteiger partial charge < -0.3 is 0 Å². The van der Waals surface area contributed by atoms with Gasteiger partial charge in [0, 0.05) is 0 Å². The molecule has 0 heterocycles. The van der Waals surface area contributed by atoms with Crippen LogP contribution in [-0.4, -0.2) is 6.10 Å². The van der Waals surface area contributed by atoms with E-state index < -0.39 is 16.1 Å². The van der Waals surface area contributed by atoms with E-state index in [9.17, 15) is 0 Å². The van der Waals surface area contributed by atoms with Crippen molar-refractivity contribution >= 4 is 24.8 Å². The summed E-state index contributed by atoms with van der Waals surface area (Å²) in [4.78, 5) is 0. The summed E-state index contributed by atoms with van der Waals surface area (Å²) in [5.74, 6) is 0.399. The molecule has 3 aromatic rings. The van der Waals surface area contributed by atoms with Crippen LogP contribution in [0.25, 0.3) is 0 Å².